The van der Waals surface area contributed by atoms with Crippen molar-refractivity contribution in [2.45, 2.75) is 103 Å². The Balaban J connectivity index is 1.65. The molecule has 3 aromatic rings. The third kappa shape index (κ3) is 11.1. The van der Waals surface area contributed by atoms with Gasteiger partial charge in [-0.3, -0.25) is 4.57 Å². The van der Waals surface area contributed by atoms with Crippen LogP contribution >= 0.6 is 23.4 Å². The summed E-state index contributed by atoms with van der Waals surface area (Å²) in [7, 11) is 0. The molecule has 0 saturated heterocycles. The lowest BCUT2D eigenvalue weighted by Gasteiger charge is -2.15. The quantitative estimate of drug-likeness (QED) is 0.118. The van der Waals surface area contributed by atoms with Crippen LogP contribution in [-0.2, 0) is 6.54 Å². The Morgan fingerprint density at radius 3 is 2.23 bits per heavy atom. The Kier molecular flexibility index (Phi) is 13.8. The minimum atomic E-state index is -0.491. The van der Waals surface area contributed by atoms with Crippen molar-refractivity contribution in [1.82, 2.24) is 14.5 Å². The zero-order valence-corrected chi connectivity index (χ0v) is 25.5. The molecule has 0 amide bonds. The highest BCUT2D eigenvalue weighted by molar-refractivity contribution is 7.99. The first-order valence-electron chi connectivity index (χ1n) is 14.4. The Morgan fingerprint density at radius 2 is 1.60 bits per heavy atom. The van der Waals surface area contributed by atoms with E-state index in [1.54, 1.807) is 24.3 Å². The van der Waals surface area contributed by atoms with Gasteiger partial charge in [-0.15, -0.1) is 0 Å². The summed E-state index contributed by atoms with van der Waals surface area (Å²) in [5.74, 6) is 0.828. The van der Waals surface area contributed by atoms with Crippen molar-refractivity contribution < 1.29 is 9.13 Å². The highest BCUT2D eigenvalue weighted by Crippen LogP contribution is 2.25. The summed E-state index contributed by atoms with van der Waals surface area (Å²) in [5, 5.41) is 4.15. The smallest absolute Gasteiger partial charge is 0.353 e. The predicted molar refractivity (Wildman–Crippen MR) is 165 cm³/mol. The number of nitrogens with one attached hydrogen (secondary N) is 1. The van der Waals surface area contributed by atoms with Gasteiger partial charge < -0.3 is 10.1 Å². The number of halogens is 2. The molecule has 0 aliphatic carbocycles. The fraction of sp³-hybridized carbons (Fsp3) is 0.516. The molecule has 1 aromatic heterocycles. The van der Waals surface area contributed by atoms with Gasteiger partial charge in [0.05, 0.1) is 12.6 Å². The van der Waals surface area contributed by atoms with Crippen LogP contribution in [0, 0.1) is 5.82 Å². The van der Waals surface area contributed by atoms with E-state index in [0.29, 0.717) is 21.8 Å². The first-order valence-corrected chi connectivity index (χ1v) is 15.8. The Morgan fingerprint density at radius 1 is 0.950 bits per heavy atom. The average Bonchev–Trinajstić information content (AvgIpc) is 2.91. The summed E-state index contributed by atoms with van der Waals surface area (Å²) in [6.07, 6.45) is 12.6. The summed E-state index contributed by atoms with van der Waals surface area (Å²) in [6.45, 7) is 6.18. The van der Waals surface area contributed by atoms with E-state index in [9.17, 15) is 9.18 Å². The van der Waals surface area contributed by atoms with Gasteiger partial charge in [0.25, 0.3) is 0 Å². The van der Waals surface area contributed by atoms with Gasteiger partial charge in [0, 0.05) is 22.5 Å². The van der Waals surface area contributed by atoms with Gasteiger partial charge in [0.15, 0.2) is 16.7 Å². The monoisotopic (exact) mass is 588 g/mol. The Bertz CT molecular complexity index is 1240. The van der Waals surface area contributed by atoms with Crippen LogP contribution in [-0.4, -0.2) is 26.4 Å². The molecule has 0 radical (unpaired) electrons. The van der Waals surface area contributed by atoms with E-state index < -0.39 is 11.5 Å². The van der Waals surface area contributed by atoms with Crippen LogP contribution in [0.4, 0.5) is 16.0 Å². The van der Waals surface area contributed by atoms with Crippen LogP contribution < -0.4 is 15.7 Å². The van der Waals surface area contributed by atoms with Crippen LogP contribution in [0.3, 0.4) is 0 Å². The molecule has 1 heterocycles. The number of rotatable bonds is 18. The number of hydrogen-bond donors (Lipinski definition) is 1. The number of unbranched alkanes of at least 4 members (excludes halogenated alkanes) is 9. The number of thioether (sulfide) groups is 1. The van der Waals surface area contributed by atoms with E-state index in [1.807, 2.05) is 26.0 Å². The van der Waals surface area contributed by atoms with Crippen molar-refractivity contribution in [2.24, 2.45) is 0 Å². The van der Waals surface area contributed by atoms with E-state index in [1.165, 1.54) is 73.8 Å². The largest absolute Gasteiger partial charge is 0.488 e. The minimum absolute atomic E-state index is 0.144. The normalized spacial score (nSPS) is 11.2. The standard InChI is InChI=1S/C31H42ClFN4O2S/c1-4-5-6-7-8-9-10-11-12-13-20-40-30-35-29(34-26-18-19-28(27(33)21-26)39-23(2)3)37(31(38)36-30)22-24-14-16-25(32)17-15-24/h14-19,21,23H,4-13,20,22H2,1-3H3,(H,34,35,36,38). The fourth-order valence-electron chi connectivity index (χ4n) is 4.29. The molecule has 3 rings (SSSR count). The number of anilines is 2. The Hall–Kier alpha value is -2.58. The molecule has 1 N–H and O–H groups in total. The summed E-state index contributed by atoms with van der Waals surface area (Å²) >= 11 is 7.51. The molecule has 0 unspecified atom stereocenters. The maximum absolute atomic E-state index is 14.7. The van der Waals surface area contributed by atoms with Crippen LogP contribution in [0.2, 0.25) is 5.02 Å². The lowest BCUT2D eigenvalue weighted by Crippen LogP contribution is -2.27. The molecule has 40 heavy (non-hydrogen) atoms. The maximum atomic E-state index is 14.7. The summed E-state index contributed by atoms with van der Waals surface area (Å²) in [4.78, 5) is 22.0. The van der Waals surface area contributed by atoms with Crippen molar-refractivity contribution >= 4 is 35.0 Å². The molecular weight excluding hydrogens is 547 g/mol. The van der Waals surface area contributed by atoms with Crippen molar-refractivity contribution in [3.63, 3.8) is 0 Å². The van der Waals surface area contributed by atoms with Crippen molar-refractivity contribution in [2.75, 3.05) is 11.1 Å². The molecular formula is C31H42ClFN4O2S. The Labute approximate surface area is 247 Å². The lowest BCUT2D eigenvalue weighted by molar-refractivity contribution is 0.231. The molecule has 0 aliphatic heterocycles. The van der Waals surface area contributed by atoms with E-state index in [-0.39, 0.29) is 18.4 Å². The van der Waals surface area contributed by atoms with Gasteiger partial charge in [-0.25, -0.2) is 9.18 Å². The van der Waals surface area contributed by atoms with Gasteiger partial charge in [-0.1, -0.05) is 100 Å². The number of nitrogens with zero attached hydrogens (tertiary/aromatic N) is 3. The second-order valence-electron chi connectivity index (χ2n) is 10.3. The zero-order valence-electron chi connectivity index (χ0n) is 23.9. The second kappa shape index (κ2) is 17.3. The zero-order chi connectivity index (χ0) is 28.7. The SMILES string of the molecule is CCCCCCCCCCCCSc1nc(Nc2ccc(OC(C)C)c(F)c2)n(Cc2ccc(Cl)cc2)c(=O)n1. The number of aromatic nitrogens is 3. The summed E-state index contributed by atoms with van der Waals surface area (Å²) < 4.78 is 21.6. The third-order valence-electron chi connectivity index (χ3n) is 6.41. The second-order valence-corrected chi connectivity index (χ2v) is 11.8. The van der Waals surface area contributed by atoms with Gasteiger partial charge >= 0.3 is 5.69 Å². The minimum Gasteiger partial charge on any atom is -0.488 e. The highest BCUT2D eigenvalue weighted by atomic mass is 35.5. The van der Waals surface area contributed by atoms with Crippen LogP contribution in [0.5, 0.6) is 5.75 Å². The van der Waals surface area contributed by atoms with E-state index >= 15 is 0 Å². The molecule has 0 bridgehead atoms. The lowest BCUT2D eigenvalue weighted by atomic mass is 10.1. The summed E-state index contributed by atoms with van der Waals surface area (Å²) in [6, 6.07) is 11.9. The molecule has 2 aromatic carbocycles. The molecule has 0 atom stereocenters. The number of ether oxygens (including phenoxy) is 1. The van der Waals surface area contributed by atoms with Gasteiger partial charge in [-0.05, 0) is 50.1 Å². The van der Waals surface area contributed by atoms with E-state index in [2.05, 4.69) is 22.2 Å². The molecule has 6 nitrogen and oxygen atoms in total. The third-order valence-corrected chi connectivity index (χ3v) is 7.60. The molecule has 0 aliphatic rings. The average molecular weight is 589 g/mol. The molecule has 0 spiro atoms. The van der Waals surface area contributed by atoms with Crippen LogP contribution in [0.25, 0.3) is 0 Å². The summed E-state index contributed by atoms with van der Waals surface area (Å²) in [5.41, 5.74) is 0.913. The van der Waals surface area contributed by atoms with Gasteiger partial charge in [0.2, 0.25) is 5.95 Å². The van der Waals surface area contributed by atoms with Crippen LogP contribution in [0.15, 0.2) is 52.4 Å². The van der Waals surface area contributed by atoms with E-state index in [0.717, 1.165) is 24.2 Å². The predicted octanol–water partition coefficient (Wildman–Crippen LogP) is 9.02. The topological polar surface area (TPSA) is 69.0 Å². The molecule has 218 valence electrons. The van der Waals surface area contributed by atoms with Crippen molar-refractivity contribution in [1.29, 1.82) is 0 Å². The van der Waals surface area contributed by atoms with Gasteiger partial charge in [-0.2, -0.15) is 9.97 Å². The van der Waals surface area contributed by atoms with E-state index in [4.69, 9.17) is 16.3 Å². The van der Waals surface area contributed by atoms with Crippen LogP contribution in [0.1, 0.15) is 90.5 Å². The number of hydrogen-bond acceptors (Lipinski definition) is 6. The maximum Gasteiger partial charge on any atom is 0.353 e. The molecule has 0 fully saturated rings. The van der Waals surface area contributed by atoms with Crippen molar-refractivity contribution in [3.8, 4) is 5.75 Å². The first-order chi connectivity index (χ1) is 19.4. The number of benzene rings is 2. The first kappa shape index (κ1) is 31.9. The molecule has 0 saturated carbocycles. The van der Waals surface area contributed by atoms with Gasteiger partial charge in [0.1, 0.15) is 0 Å². The van der Waals surface area contributed by atoms with Crippen molar-refractivity contribution in [3.05, 3.63) is 69.4 Å². The fourth-order valence-corrected chi connectivity index (χ4v) is 5.24. The molecule has 9 heteroatoms. The highest BCUT2D eigenvalue weighted by Gasteiger charge is 2.14.